The van der Waals surface area contributed by atoms with E-state index in [1.165, 1.54) is 0 Å². The van der Waals surface area contributed by atoms with E-state index >= 15 is 0 Å². The Hall–Kier alpha value is 3.14. The summed E-state index contributed by atoms with van der Waals surface area (Å²) in [6, 6.07) is 0. The Morgan fingerprint density at radius 1 is 1.00 bits per heavy atom. The van der Waals surface area contributed by atoms with Crippen molar-refractivity contribution in [2.24, 2.45) is 0 Å². The Morgan fingerprint density at radius 2 is 1.00 bits per heavy atom. The molecular weight excluding hydrogens is 307 g/mol. The van der Waals surface area contributed by atoms with Gasteiger partial charge in [0, 0.05) is 0 Å². The third kappa shape index (κ3) is 61.4. The number of rotatable bonds is 0. The number of hydrogen-bond donors (Lipinski definition) is 0. The van der Waals surface area contributed by atoms with Crippen LogP contribution in [0.3, 0.4) is 0 Å². The van der Waals surface area contributed by atoms with Gasteiger partial charge in [0.05, 0.1) is 0 Å². The van der Waals surface area contributed by atoms with Crippen molar-refractivity contribution in [3.05, 3.63) is 0 Å². The SMILES string of the molecule is O=C([O-])[O-].[Hf+4].[Na+].[Na+].[Na+]. The first-order valence-electron chi connectivity index (χ1n) is 0.612. The Labute approximate surface area is 133 Å². The molecule has 0 aromatic heterocycles. The van der Waals surface area contributed by atoms with Crippen molar-refractivity contribution in [2.75, 3.05) is 0 Å². The molecule has 0 saturated heterocycles. The number of carboxylic acid groups (broad SMARTS) is 2. The summed E-state index contributed by atoms with van der Waals surface area (Å²) in [4.78, 5) is 8.33. The molecule has 0 heterocycles. The Kier molecular flexibility index (Phi) is 85.3. The van der Waals surface area contributed by atoms with E-state index in [-0.39, 0.29) is 115 Å². The second kappa shape index (κ2) is 22.5. The molecule has 0 atom stereocenters. The third-order valence-electron chi connectivity index (χ3n) is 0. The molecule has 7 heteroatoms. The van der Waals surface area contributed by atoms with E-state index in [0.29, 0.717) is 0 Å². The third-order valence-corrected chi connectivity index (χ3v) is 0. The van der Waals surface area contributed by atoms with Crippen LogP contribution in [0.2, 0.25) is 0 Å². The summed E-state index contributed by atoms with van der Waals surface area (Å²) in [6.45, 7) is 0. The van der Waals surface area contributed by atoms with Gasteiger partial charge in [0.25, 0.3) is 0 Å². The predicted octanol–water partition coefficient (Wildman–Crippen LogP) is -11.4. The Bertz CT molecular complexity index is 37.5. The van der Waals surface area contributed by atoms with Crippen LogP contribution in [0.1, 0.15) is 0 Å². The second-order valence-electron chi connectivity index (χ2n) is 0.250. The molecule has 0 fully saturated rings. The molecule has 8 heavy (non-hydrogen) atoms. The van der Waals surface area contributed by atoms with Gasteiger partial charge in [-0.1, -0.05) is 0 Å². The number of hydrogen-bond acceptors (Lipinski definition) is 3. The summed E-state index contributed by atoms with van der Waals surface area (Å²) in [5.41, 5.74) is 0. The summed E-state index contributed by atoms with van der Waals surface area (Å²) in [5.74, 6) is 0. The minimum Gasteiger partial charge on any atom is -0.652 e. The average Bonchev–Trinajstić information content (AvgIpc) is 0.811. The Morgan fingerprint density at radius 3 is 1.00 bits per heavy atom. The molecule has 0 N–H and O–H groups in total. The molecule has 0 unspecified atom stereocenters. The van der Waals surface area contributed by atoms with Crippen molar-refractivity contribution in [3.8, 4) is 0 Å². The summed E-state index contributed by atoms with van der Waals surface area (Å²) in [5, 5.41) is 16.7. The van der Waals surface area contributed by atoms with E-state index in [4.69, 9.17) is 15.0 Å². The molecule has 0 aromatic rings. The molecule has 0 aromatic carbocycles. The maximum atomic E-state index is 8.33. The van der Waals surface area contributed by atoms with E-state index in [1.54, 1.807) is 0 Å². The van der Waals surface area contributed by atoms with Crippen molar-refractivity contribution in [1.82, 2.24) is 0 Å². The van der Waals surface area contributed by atoms with E-state index < -0.39 is 6.16 Å². The molecule has 0 amide bonds. The Balaban J connectivity index is -0.00000000750. The summed E-state index contributed by atoms with van der Waals surface area (Å²) < 4.78 is 0. The van der Waals surface area contributed by atoms with Crippen molar-refractivity contribution >= 4 is 6.16 Å². The fourth-order valence-corrected chi connectivity index (χ4v) is 0. The maximum absolute atomic E-state index is 8.33. The van der Waals surface area contributed by atoms with Crippen LogP contribution in [-0.2, 0) is 25.8 Å². The smallest absolute Gasteiger partial charge is 0.652 e. The first-order chi connectivity index (χ1) is 1.73. The monoisotopic (exact) mass is 309 g/mol. The molecule has 0 aliphatic heterocycles. The molecule has 0 spiro atoms. The molecule has 24 valence electrons. The zero-order valence-corrected chi connectivity index (χ0v) is 14.8. The largest absolute Gasteiger partial charge is 4.00 e. The van der Waals surface area contributed by atoms with Gasteiger partial charge in [-0.25, -0.2) is 0 Å². The minimum atomic E-state index is -2.33. The van der Waals surface area contributed by atoms with Crippen LogP contribution in [0.15, 0.2) is 0 Å². The molecular formula is CHfNa3O3+5. The quantitative estimate of drug-likeness (QED) is 0.418. The van der Waals surface area contributed by atoms with Crippen LogP contribution in [0.4, 0.5) is 4.79 Å². The van der Waals surface area contributed by atoms with Crippen LogP contribution in [0.25, 0.3) is 0 Å². The molecule has 0 saturated carbocycles. The van der Waals surface area contributed by atoms with Gasteiger partial charge < -0.3 is 15.0 Å². The van der Waals surface area contributed by atoms with E-state index in [9.17, 15) is 0 Å². The summed E-state index contributed by atoms with van der Waals surface area (Å²) in [7, 11) is 0. The first-order valence-corrected chi connectivity index (χ1v) is 0.612. The van der Waals surface area contributed by atoms with Gasteiger partial charge in [0.15, 0.2) is 0 Å². The summed E-state index contributed by atoms with van der Waals surface area (Å²) in [6.07, 6.45) is -2.33. The van der Waals surface area contributed by atoms with Gasteiger partial charge >= 0.3 is 115 Å². The van der Waals surface area contributed by atoms with Gasteiger partial charge in [-0.05, 0) is 6.16 Å². The molecule has 0 bridgehead atoms. The first kappa shape index (κ1) is 30.4. The zero-order chi connectivity index (χ0) is 3.58. The van der Waals surface area contributed by atoms with Crippen molar-refractivity contribution < 1.29 is 130 Å². The minimum absolute atomic E-state index is 0. The van der Waals surface area contributed by atoms with Crippen LogP contribution < -0.4 is 98.9 Å². The number of carbonyl (C=O) groups excluding carboxylic acids is 1. The normalized spacial score (nSPS) is 3.00. The fourth-order valence-electron chi connectivity index (χ4n) is 0. The van der Waals surface area contributed by atoms with Crippen LogP contribution in [-0.4, -0.2) is 6.16 Å². The molecule has 3 nitrogen and oxygen atoms in total. The van der Waals surface area contributed by atoms with Gasteiger partial charge in [-0.2, -0.15) is 0 Å². The van der Waals surface area contributed by atoms with Crippen LogP contribution >= 0.6 is 0 Å². The van der Waals surface area contributed by atoms with E-state index in [1.807, 2.05) is 0 Å². The van der Waals surface area contributed by atoms with Gasteiger partial charge in [0.1, 0.15) is 0 Å². The van der Waals surface area contributed by atoms with Crippen molar-refractivity contribution in [1.29, 1.82) is 0 Å². The van der Waals surface area contributed by atoms with Crippen LogP contribution in [0, 0.1) is 0 Å². The molecule has 0 aliphatic carbocycles. The molecule has 0 radical (unpaired) electrons. The fraction of sp³-hybridized carbons (Fsp3) is 0. The van der Waals surface area contributed by atoms with E-state index in [2.05, 4.69) is 0 Å². The van der Waals surface area contributed by atoms with Gasteiger partial charge in [-0.15, -0.1) is 0 Å². The summed E-state index contributed by atoms with van der Waals surface area (Å²) >= 11 is 0. The van der Waals surface area contributed by atoms with Crippen molar-refractivity contribution in [3.63, 3.8) is 0 Å². The van der Waals surface area contributed by atoms with Crippen LogP contribution in [0.5, 0.6) is 0 Å². The number of carbonyl (C=O) groups is 1. The molecule has 0 rings (SSSR count). The van der Waals surface area contributed by atoms with Gasteiger partial charge in [0.2, 0.25) is 0 Å². The standard InChI is InChI=1S/CH2O3.Hf.3Na/c2-1(3)4;;;;/h(H2,2,3,4);;;;/q;+4;3*+1/p-2. The van der Waals surface area contributed by atoms with E-state index in [0.717, 1.165) is 0 Å². The maximum Gasteiger partial charge on any atom is 4.00 e. The average molecular weight is 307 g/mol. The zero-order valence-electron chi connectivity index (χ0n) is 5.22. The van der Waals surface area contributed by atoms with Crippen molar-refractivity contribution in [2.45, 2.75) is 0 Å². The van der Waals surface area contributed by atoms with Gasteiger partial charge in [-0.3, -0.25) is 0 Å². The molecule has 0 aliphatic rings. The topological polar surface area (TPSA) is 63.2 Å². The second-order valence-corrected chi connectivity index (χ2v) is 0.250. The predicted molar refractivity (Wildman–Crippen MR) is 5.40 cm³/mol.